The molecule has 2 aliphatic heterocycles. The summed E-state index contributed by atoms with van der Waals surface area (Å²) in [5.74, 6) is 1.57. The van der Waals surface area contributed by atoms with Crippen molar-refractivity contribution >= 4 is 51.5 Å². The summed E-state index contributed by atoms with van der Waals surface area (Å²) in [5, 5.41) is 9.69. The number of hydrogen-bond donors (Lipinski definition) is 4. The molecule has 2 amide bonds. The Morgan fingerprint density at radius 3 is 2.29 bits per heavy atom. The highest BCUT2D eigenvalue weighted by atomic mass is 16.5. The van der Waals surface area contributed by atoms with Crippen LogP contribution in [0.5, 0.6) is 0 Å². The highest BCUT2D eigenvalue weighted by Gasteiger charge is 2.23. The maximum atomic E-state index is 12.9. The Bertz CT molecular complexity index is 2330. The van der Waals surface area contributed by atoms with Crippen molar-refractivity contribution in [3.05, 3.63) is 72.7 Å². The van der Waals surface area contributed by atoms with Gasteiger partial charge in [0.1, 0.15) is 17.8 Å². The van der Waals surface area contributed by atoms with E-state index in [4.69, 9.17) is 21.3 Å². The van der Waals surface area contributed by atoms with Gasteiger partial charge in [-0.15, -0.1) is 0 Å². The average molecular weight is 803 g/mol. The van der Waals surface area contributed by atoms with Crippen LogP contribution < -0.4 is 26.6 Å². The smallest absolute Gasteiger partial charge is 0.254 e. The first-order valence-corrected chi connectivity index (χ1v) is 20.2. The third-order valence-corrected chi connectivity index (χ3v) is 10.9. The van der Waals surface area contributed by atoms with Crippen LogP contribution in [0.4, 0.5) is 17.7 Å². The number of nitrogens with two attached hydrogens (primary N) is 2. The number of unbranched alkanes of at least 4 members (excludes halogenated alkanes) is 1. The number of amides is 2. The molecule has 8 rings (SSSR count). The maximum absolute atomic E-state index is 12.9. The number of piperazine rings is 2. The molecule has 0 saturated carbocycles. The van der Waals surface area contributed by atoms with E-state index < -0.39 is 0 Å². The average Bonchev–Trinajstić information content (AvgIpc) is 3.92. The van der Waals surface area contributed by atoms with Gasteiger partial charge in [0.2, 0.25) is 17.8 Å². The van der Waals surface area contributed by atoms with Gasteiger partial charge in [-0.3, -0.25) is 14.5 Å². The summed E-state index contributed by atoms with van der Waals surface area (Å²) in [6.07, 6.45) is 11.9. The zero-order valence-corrected chi connectivity index (χ0v) is 33.0. The normalized spacial score (nSPS) is 15.0. The molecular formula is C40H50N16O3. The highest BCUT2D eigenvalue weighted by Crippen LogP contribution is 2.32. The zero-order chi connectivity index (χ0) is 40.6. The minimum Gasteiger partial charge on any atom is -0.383 e. The molecule has 0 spiro atoms. The predicted molar refractivity (Wildman–Crippen MR) is 223 cm³/mol. The lowest BCUT2D eigenvalue weighted by Gasteiger charge is -2.35. The number of aromatic amines is 1. The van der Waals surface area contributed by atoms with Crippen molar-refractivity contribution in [1.29, 1.82) is 0 Å². The van der Waals surface area contributed by atoms with Gasteiger partial charge in [0.15, 0.2) is 5.65 Å². The molecule has 2 saturated heterocycles. The monoisotopic (exact) mass is 802 g/mol. The quantitative estimate of drug-likeness (QED) is 0.102. The van der Waals surface area contributed by atoms with Crippen LogP contribution in [0, 0.1) is 0 Å². The first-order valence-electron chi connectivity index (χ1n) is 20.2. The number of nitrogens with zero attached hydrogens (tertiary/aromatic N) is 12. The van der Waals surface area contributed by atoms with Crippen LogP contribution in [0.25, 0.3) is 33.2 Å². The molecule has 0 bridgehead atoms. The second kappa shape index (κ2) is 18.5. The van der Waals surface area contributed by atoms with Crippen molar-refractivity contribution in [2.45, 2.75) is 32.4 Å². The van der Waals surface area contributed by atoms with E-state index in [2.05, 4.69) is 61.0 Å². The number of hydrogen-bond acceptors (Lipinski definition) is 15. The van der Waals surface area contributed by atoms with Crippen LogP contribution in [-0.4, -0.2) is 145 Å². The Morgan fingerprint density at radius 2 is 1.54 bits per heavy atom. The van der Waals surface area contributed by atoms with Gasteiger partial charge >= 0.3 is 0 Å². The van der Waals surface area contributed by atoms with E-state index in [1.165, 1.54) is 6.33 Å². The fourth-order valence-electron chi connectivity index (χ4n) is 7.44. The van der Waals surface area contributed by atoms with Crippen molar-refractivity contribution < 1.29 is 14.3 Å². The minimum absolute atomic E-state index is 0.108. The van der Waals surface area contributed by atoms with Gasteiger partial charge in [0.05, 0.1) is 30.6 Å². The second-order valence-electron chi connectivity index (χ2n) is 14.7. The van der Waals surface area contributed by atoms with Gasteiger partial charge in [-0.25, -0.2) is 34.6 Å². The molecule has 7 heterocycles. The summed E-state index contributed by atoms with van der Waals surface area (Å²) in [4.78, 5) is 63.8. The number of carbonyl (C=O) groups excluding carboxylic acids is 2. The number of rotatable bonds is 16. The maximum Gasteiger partial charge on any atom is 0.254 e. The SMILES string of the molecule is NCc1cnc(N2CCN(C(=O)CCOCCN3CCN(c4ncc(C(=O)NCCCCn5nc(-c6ccc7[nH]ccc7c6)c6c(N)ncnc65)cn4)CC3)CC2)nc1. The summed E-state index contributed by atoms with van der Waals surface area (Å²) < 4.78 is 7.71. The second-order valence-corrected chi connectivity index (χ2v) is 14.7. The molecule has 2 fully saturated rings. The summed E-state index contributed by atoms with van der Waals surface area (Å²) in [5.41, 5.74) is 16.7. The third-order valence-electron chi connectivity index (χ3n) is 10.9. The molecular weight excluding hydrogens is 753 g/mol. The fraction of sp³-hybridized carbons (Fsp3) is 0.425. The molecule has 0 aliphatic carbocycles. The number of fused-ring (bicyclic) bond motifs is 2. The number of nitrogens with one attached hydrogen (secondary N) is 2. The largest absolute Gasteiger partial charge is 0.383 e. The predicted octanol–water partition coefficient (Wildman–Crippen LogP) is 1.68. The standard InChI is InChI=1S/C40H50N16O3/c41-22-28-23-45-39(46-24-28)55-16-14-53(15-17-55)33(57)6-19-59-20-18-52-10-12-54(13-11-52)40-47-25-31(26-48-40)38(58)44-7-1-2-9-56-37-34(36(42)49-27-50-37)35(51-56)30-3-4-32-29(21-30)5-8-43-32/h3-5,8,21,23-27,43H,1-2,6-7,9-20,22,41H2,(H,44,58)(H2,42,49,50). The number of aromatic nitrogens is 9. The topological polar surface area (TPSA) is 231 Å². The molecule has 0 radical (unpaired) electrons. The summed E-state index contributed by atoms with van der Waals surface area (Å²) in [7, 11) is 0. The van der Waals surface area contributed by atoms with Crippen molar-refractivity contribution in [2.24, 2.45) is 5.73 Å². The van der Waals surface area contributed by atoms with Crippen LogP contribution in [0.2, 0.25) is 0 Å². The van der Waals surface area contributed by atoms with E-state index in [-0.39, 0.29) is 11.8 Å². The fourth-order valence-corrected chi connectivity index (χ4v) is 7.44. The van der Waals surface area contributed by atoms with Gasteiger partial charge in [-0.1, -0.05) is 6.07 Å². The van der Waals surface area contributed by atoms with Gasteiger partial charge < -0.3 is 41.2 Å². The molecule has 2 aliphatic rings. The minimum atomic E-state index is -0.210. The molecule has 19 nitrogen and oxygen atoms in total. The Balaban J connectivity index is 0.704. The number of H-pyrrole nitrogens is 1. The van der Waals surface area contributed by atoms with Crippen molar-refractivity contribution in [3.63, 3.8) is 0 Å². The van der Waals surface area contributed by atoms with E-state index in [1.54, 1.807) is 24.8 Å². The van der Waals surface area contributed by atoms with Crippen molar-refractivity contribution in [2.75, 3.05) is 94.2 Å². The summed E-state index contributed by atoms with van der Waals surface area (Å²) in [6.45, 7) is 9.17. The molecule has 6 aromatic rings. The lowest BCUT2D eigenvalue weighted by atomic mass is 10.1. The highest BCUT2D eigenvalue weighted by molar-refractivity contribution is 6.00. The van der Waals surface area contributed by atoms with E-state index in [0.717, 1.165) is 78.7 Å². The van der Waals surface area contributed by atoms with Gasteiger partial charge in [-0.05, 0) is 31.0 Å². The van der Waals surface area contributed by atoms with Gasteiger partial charge in [0, 0.05) is 132 Å². The van der Waals surface area contributed by atoms with Gasteiger partial charge in [-0.2, -0.15) is 5.10 Å². The first-order chi connectivity index (χ1) is 28.9. The molecule has 1 aromatic carbocycles. The van der Waals surface area contributed by atoms with Crippen LogP contribution in [0.3, 0.4) is 0 Å². The zero-order valence-electron chi connectivity index (χ0n) is 33.0. The number of benzene rings is 1. The van der Waals surface area contributed by atoms with Crippen LogP contribution in [-0.2, 0) is 22.6 Å². The summed E-state index contributed by atoms with van der Waals surface area (Å²) in [6, 6.07) is 8.14. The number of anilines is 3. The number of ether oxygens (including phenoxy) is 1. The van der Waals surface area contributed by atoms with Crippen LogP contribution in [0.1, 0.15) is 35.2 Å². The number of nitrogen functional groups attached to an aromatic ring is 1. The van der Waals surface area contributed by atoms with Crippen LogP contribution in [0.15, 0.2) is 61.6 Å². The Labute approximate surface area is 341 Å². The first kappa shape index (κ1) is 39.5. The molecule has 6 N–H and O–H groups in total. The lowest BCUT2D eigenvalue weighted by molar-refractivity contribution is -0.132. The number of aryl methyl sites for hydroxylation is 1. The molecule has 5 aromatic heterocycles. The molecule has 308 valence electrons. The van der Waals surface area contributed by atoms with E-state index in [0.29, 0.717) is 94.4 Å². The van der Waals surface area contributed by atoms with E-state index >= 15 is 0 Å². The Morgan fingerprint density at radius 1 is 0.814 bits per heavy atom. The third kappa shape index (κ3) is 9.37. The van der Waals surface area contributed by atoms with Gasteiger partial charge in [0.25, 0.3) is 5.91 Å². The van der Waals surface area contributed by atoms with Crippen LogP contribution >= 0.6 is 0 Å². The number of carbonyl (C=O) groups is 2. The molecule has 59 heavy (non-hydrogen) atoms. The summed E-state index contributed by atoms with van der Waals surface area (Å²) >= 11 is 0. The van der Waals surface area contributed by atoms with Crippen molar-refractivity contribution in [3.8, 4) is 11.3 Å². The Hall–Kier alpha value is -6.31. The van der Waals surface area contributed by atoms with E-state index in [9.17, 15) is 9.59 Å². The lowest BCUT2D eigenvalue weighted by Crippen LogP contribution is -2.49. The Kier molecular flexibility index (Phi) is 12.4. The molecule has 0 atom stereocenters. The van der Waals surface area contributed by atoms with E-state index in [1.807, 2.05) is 34.0 Å². The molecule has 0 unspecified atom stereocenters. The van der Waals surface area contributed by atoms with Crippen molar-refractivity contribution in [1.82, 2.24) is 59.8 Å². The molecule has 19 heteroatoms.